The number of hydrogen-bond donors (Lipinski definition) is 1. The van der Waals surface area contributed by atoms with Gasteiger partial charge in [-0.15, -0.1) is 11.3 Å². The Kier molecular flexibility index (Phi) is 6.67. The fourth-order valence-corrected chi connectivity index (χ4v) is 4.53. The summed E-state index contributed by atoms with van der Waals surface area (Å²) in [6, 6.07) is 10.0. The van der Waals surface area contributed by atoms with Crippen LogP contribution in [0, 0.1) is 0 Å². The maximum absolute atomic E-state index is 12.3. The molecule has 1 amide bonds. The highest BCUT2D eigenvalue weighted by atomic mass is 32.1. The SMILES string of the molecule is CCc1ccc(C(C)NC(=O)COC(=O)c2cc3c(s2)CCCCC3)cc1. The zero-order valence-electron chi connectivity index (χ0n) is 16.0. The van der Waals surface area contributed by atoms with Crippen LogP contribution in [-0.4, -0.2) is 18.5 Å². The zero-order chi connectivity index (χ0) is 19.2. The van der Waals surface area contributed by atoms with E-state index < -0.39 is 5.97 Å². The summed E-state index contributed by atoms with van der Waals surface area (Å²) in [5.74, 6) is -0.684. The topological polar surface area (TPSA) is 55.4 Å². The third-order valence-electron chi connectivity index (χ3n) is 5.05. The number of aryl methyl sites for hydroxylation is 3. The second kappa shape index (κ2) is 9.18. The lowest BCUT2D eigenvalue weighted by Gasteiger charge is -2.14. The summed E-state index contributed by atoms with van der Waals surface area (Å²) in [6.45, 7) is 3.79. The zero-order valence-corrected chi connectivity index (χ0v) is 16.9. The molecule has 1 aromatic heterocycles. The van der Waals surface area contributed by atoms with Gasteiger partial charge in [-0.25, -0.2) is 4.79 Å². The van der Waals surface area contributed by atoms with Gasteiger partial charge < -0.3 is 10.1 Å². The number of amides is 1. The van der Waals surface area contributed by atoms with Crippen LogP contribution in [0.1, 0.15) is 70.4 Å². The Bertz CT molecular complexity index is 771. The van der Waals surface area contributed by atoms with E-state index >= 15 is 0 Å². The number of benzene rings is 1. The molecule has 0 radical (unpaired) electrons. The first-order valence-corrected chi connectivity index (χ1v) is 10.6. The maximum atomic E-state index is 12.3. The van der Waals surface area contributed by atoms with Crippen LogP contribution in [0.4, 0.5) is 0 Å². The average Bonchev–Trinajstić information content (AvgIpc) is 2.96. The van der Waals surface area contributed by atoms with Gasteiger partial charge >= 0.3 is 5.97 Å². The minimum absolute atomic E-state index is 0.125. The van der Waals surface area contributed by atoms with Crippen molar-refractivity contribution in [3.05, 3.63) is 56.8 Å². The molecule has 27 heavy (non-hydrogen) atoms. The molecule has 1 heterocycles. The first-order valence-electron chi connectivity index (χ1n) is 9.73. The van der Waals surface area contributed by atoms with Gasteiger partial charge in [0.25, 0.3) is 5.91 Å². The Balaban J connectivity index is 1.50. The molecule has 0 bridgehead atoms. The van der Waals surface area contributed by atoms with Crippen LogP contribution in [0.15, 0.2) is 30.3 Å². The molecule has 3 rings (SSSR count). The standard InChI is InChI=1S/C22H27NO3S/c1-3-16-9-11-17(12-10-16)15(2)23-21(24)14-26-22(25)20-13-18-7-5-4-6-8-19(18)27-20/h9-13,15H,3-8,14H2,1-2H3,(H,23,24). The van der Waals surface area contributed by atoms with E-state index in [-0.39, 0.29) is 18.6 Å². The Morgan fingerprint density at radius 1 is 1.15 bits per heavy atom. The molecular formula is C22H27NO3S. The molecule has 1 aliphatic carbocycles. The van der Waals surface area contributed by atoms with Gasteiger partial charge in [0.15, 0.2) is 6.61 Å². The van der Waals surface area contributed by atoms with Crippen LogP contribution < -0.4 is 5.32 Å². The molecule has 1 aromatic carbocycles. The van der Waals surface area contributed by atoms with E-state index in [0.29, 0.717) is 4.88 Å². The normalized spacial score (nSPS) is 14.7. The average molecular weight is 386 g/mol. The maximum Gasteiger partial charge on any atom is 0.348 e. The number of ether oxygens (including phenoxy) is 1. The van der Waals surface area contributed by atoms with E-state index in [4.69, 9.17) is 4.74 Å². The lowest BCUT2D eigenvalue weighted by molar-refractivity contribution is -0.124. The third kappa shape index (κ3) is 5.19. The molecule has 144 valence electrons. The fourth-order valence-electron chi connectivity index (χ4n) is 3.38. The monoisotopic (exact) mass is 385 g/mol. The van der Waals surface area contributed by atoms with Crippen molar-refractivity contribution in [1.82, 2.24) is 5.32 Å². The molecule has 1 atom stereocenters. The molecule has 0 fully saturated rings. The van der Waals surface area contributed by atoms with Gasteiger partial charge in [-0.05, 0) is 61.8 Å². The Morgan fingerprint density at radius 2 is 1.89 bits per heavy atom. The molecule has 4 nitrogen and oxygen atoms in total. The van der Waals surface area contributed by atoms with Gasteiger partial charge in [-0.2, -0.15) is 0 Å². The van der Waals surface area contributed by atoms with Crippen molar-refractivity contribution in [1.29, 1.82) is 0 Å². The van der Waals surface area contributed by atoms with Gasteiger partial charge in [-0.3, -0.25) is 4.79 Å². The van der Waals surface area contributed by atoms with Crippen LogP contribution in [-0.2, 0) is 28.8 Å². The van der Waals surface area contributed by atoms with Crippen molar-refractivity contribution < 1.29 is 14.3 Å². The first kappa shape index (κ1) is 19.6. The lowest BCUT2D eigenvalue weighted by atomic mass is 10.1. The second-order valence-corrected chi connectivity index (χ2v) is 8.22. The smallest absolute Gasteiger partial charge is 0.348 e. The van der Waals surface area contributed by atoms with Crippen molar-refractivity contribution in [3.63, 3.8) is 0 Å². The van der Waals surface area contributed by atoms with Crippen molar-refractivity contribution >= 4 is 23.2 Å². The Morgan fingerprint density at radius 3 is 2.63 bits per heavy atom. The minimum Gasteiger partial charge on any atom is -0.451 e. The first-order chi connectivity index (χ1) is 13.1. The number of fused-ring (bicyclic) bond motifs is 1. The minimum atomic E-state index is -0.400. The number of nitrogens with one attached hydrogen (secondary N) is 1. The predicted octanol–water partition coefficient (Wildman–Crippen LogP) is 4.61. The van der Waals surface area contributed by atoms with Gasteiger partial charge in [-0.1, -0.05) is 37.6 Å². The molecule has 5 heteroatoms. The molecule has 0 aliphatic heterocycles. The molecule has 0 saturated heterocycles. The summed E-state index contributed by atoms with van der Waals surface area (Å²) in [6.07, 6.45) is 6.68. The van der Waals surface area contributed by atoms with Crippen molar-refractivity contribution in [3.8, 4) is 0 Å². The van der Waals surface area contributed by atoms with Crippen molar-refractivity contribution in [2.24, 2.45) is 0 Å². The summed E-state index contributed by atoms with van der Waals surface area (Å²) in [7, 11) is 0. The van der Waals surface area contributed by atoms with Gasteiger partial charge in [0, 0.05) is 4.88 Å². The van der Waals surface area contributed by atoms with Gasteiger partial charge in [0.05, 0.1) is 6.04 Å². The summed E-state index contributed by atoms with van der Waals surface area (Å²) in [5.41, 5.74) is 3.58. The number of carbonyl (C=O) groups excluding carboxylic acids is 2. The molecule has 0 saturated carbocycles. The highest BCUT2D eigenvalue weighted by molar-refractivity contribution is 7.14. The fraction of sp³-hybridized carbons (Fsp3) is 0.455. The summed E-state index contributed by atoms with van der Waals surface area (Å²) in [4.78, 5) is 26.3. The summed E-state index contributed by atoms with van der Waals surface area (Å²) < 4.78 is 5.23. The van der Waals surface area contributed by atoms with Gasteiger partial charge in [0.2, 0.25) is 0 Å². The number of esters is 1. The Hall–Kier alpha value is -2.14. The molecule has 1 unspecified atom stereocenters. The highest BCUT2D eigenvalue weighted by Gasteiger charge is 2.18. The van der Waals surface area contributed by atoms with E-state index in [1.54, 1.807) is 0 Å². The van der Waals surface area contributed by atoms with E-state index in [1.165, 1.54) is 46.6 Å². The number of hydrogen-bond acceptors (Lipinski definition) is 4. The van der Waals surface area contributed by atoms with Crippen molar-refractivity contribution in [2.45, 2.75) is 58.4 Å². The number of rotatable bonds is 6. The molecule has 2 aromatic rings. The van der Waals surface area contributed by atoms with Crippen LogP contribution in [0.25, 0.3) is 0 Å². The van der Waals surface area contributed by atoms with Crippen LogP contribution >= 0.6 is 11.3 Å². The third-order valence-corrected chi connectivity index (χ3v) is 6.26. The van der Waals surface area contributed by atoms with Gasteiger partial charge in [0.1, 0.15) is 4.88 Å². The van der Waals surface area contributed by atoms with Crippen molar-refractivity contribution in [2.75, 3.05) is 6.61 Å². The summed E-state index contributed by atoms with van der Waals surface area (Å²) >= 11 is 1.52. The number of thiophene rings is 1. The van der Waals surface area contributed by atoms with Crippen LogP contribution in [0.5, 0.6) is 0 Å². The van der Waals surface area contributed by atoms with E-state index in [0.717, 1.165) is 24.8 Å². The van der Waals surface area contributed by atoms with E-state index in [1.807, 2.05) is 25.1 Å². The molecule has 1 N–H and O–H groups in total. The summed E-state index contributed by atoms with van der Waals surface area (Å²) in [5, 5.41) is 2.88. The predicted molar refractivity (Wildman–Crippen MR) is 108 cm³/mol. The van der Waals surface area contributed by atoms with Crippen LogP contribution in [0.3, 0.4) is 0 Å². The lowest BCUT2D eigenvalue weighted by Crippen LogP contribution is -2.31. The Labute approximate surface area is 164 Å². The quantitative estimate of drug-likeness (QED) is 0.583. The van der Waals surface area contributed by atoms with E-state index in [9.17, 15) is 9.59 Å². The van der Waals surface area contributed by atoms with E-state index in [2.05, 4.69) is 24.4 Å². The number of carbonyl (C=O) groups is 2. The molecular weight excluding hydrogens is 358 g/mol. The second-order valence-electron chi connectivity index (χ2n) is 7.08. The molecule has 0 spiro atoms. The highest BCUT2D eigenvalue weighted by Crippen LogP contribution is 2.29. The largest absolute Gasteiger partial charge is 0.451 e. The molecule has 1 aliphatic rings. The van der Waals surface area contributed by atoms with Crippen LogP contribution in [0.2, 0.25) is 0 Å².